The maximum Gasteiger partial charge on any atom is 0.335 e. The zero-order valence-electron chi connectivity index (χ0n) is 24.3. The Bertz CT molecular complexity index is 1480. The van der Waals surface area contributed by atoms with Crippen LogP contribution in [-0.2, 0) is 38.3 Å². The lowest BCUT2D eigenvalue weighted by Gasteiger charge is -2.22. The van der Waals surface area contributed by atoms with Crippen LogP contribution >= 0.6 is 0 Å². The second kappa shape index (κ2) is 14.6. The Morgan fingerprint density at radius 3 is 2.31 bits per heavy atom. The third-order valence-corrected chi connectivity index (χ3v) is 7.56. The van der Waals surface area contributed by atoms with Crippen LogP contribution in [0.25, 0.3) is 12.2 Å². The molecule has 5 rings (SSSR count). The lowest BCUT2D eigenvalue weighted by molar-refractivity contribution is -0.154. The highest BCUT2D eigenvalue weighted by molar-refractivity contribution is 5.77. The highest BCUT2D eigenvalue weighted by Gasteiger charge is 2.24. The minimum atomic E-state index is -0.621. The van der Waals surface area contributed by atoms with Gasteiger partial charge in [0.15, 0.2) is 6.10 Å². The SMILES string of the molecule is CCOC(=O)C(Cc1ccc(OCCOC2c3ccccc3C=Cc3c(CCc4ccccc4)cccc32)cc1)OC. The zero-order valence-corrected chi connectivity index (χ0v) is 24.3. The summed E-state index contributed by atoms with van der Waals surface area (Å²) in [5.41, 5.74) is 8.38. The summed E-state index contributed by atoms with van der Waals surface area (Å²) in [5.74, 6) is 0.400. The molecule has 0 aromatic heterocycles. The first-order valence-electron chi connectivity index (χ1n) is 14.6. The van der Waals surface area contributed by atoms with E-state index in [2.05, 4.69) is 84.9 Å². The summed E-state index contributed by atoms with van der Waals surface area (Å²) in [7, 11) is 1.52. The molecule has 0 saturated heterocycles. The molecule has 0 N–H and O–H groups in total. The summed E-state index contributed by atoms with van der Waals surface area (Å²) in [6, 6.07) is 33.3. The fourth-order valence-corrected chi connectivity index (χ4v) is 5.39. The van der Waals surface area contributed by atoms with Crippen molar-refractivity contribution < 1.29 is 23.7 Å². The molecule has 0 aliphatic heterocycles. The summed E-state index contributed by atoms with van der Waals surface area (Å²) < 4.78 is 23.0. The van der Waals surface area contributed by atoms with Gasteiger partial charge in [0.2, 0.25) is 0 Å². The predicted octanol–water partition coefficient (Wildman–Crippen LogP) is 7.26. The van der Waals surface area contributed by atoms with Crippen molar-refractivity contribution in [2.45, 2.75) is 38.4 Å². The van der Waals surface area contributed by atoms with Gasteiger partial charge in [0.1, 0.15) is 18.5 Å². The third-order valence-electron chi connectivity index (χ3n) is 7.56. The Balaban J connectivity index is 1.24. The van der Waals surface area contributed by atoms with E-state index in [1.54, 1.807) is 6.92 Å². The molecule has 0 fully saturated rings. The summed E-state index contributed by atoms with van der Waals surface area (Å²) >= 11 is 0. The topological polar surface area (TPSA) is 54.0 Å². The highest BCUT2D eigenvalue weighted by atomic mass is 16.6. The van der Waals surface area contributed by atoms with Crippen molar-refractivity contribution in [2.24, 2.45) is 0 Å². The fraction of sp³-hybridized carbons (Fsp3) is 0.270. The lowest BCUT2D eigenvalue weighted by atomic mass is 9.91. The molecule has 4 aromatic carbocycles. The summed E-state index contributed by atoms with van der Waals surface area (Å²) in [5, 5.41) is 0. The number of carbonyl (C=O) groups is 1. The maximum atomic E-state index is 12.0. The normalized spacial score (nSPS) is 14.4. The van der Waals surface area contributed by atoms with Gasteiger partial charge in [0.25, 0.3) is 0 Å². The number of benzene rings is 4. The number of aryl methyl sites for hydroxylation is 2. The largest absolute Gasteiger partial charge is 0.491 e. The number of ether oxygens (including phenoxy) is 4. The summed E-state index contributed by atoms with van der Waals surface area (Å²) in [6.07, 6.45) is 6.03. The van der Waals surface area contributed by atoms with Crippen LogP contribution in [0.15, 0.2) is 97.1 Å². The van der Waals surface area contributed by atoms with E-state index < -0.39 is 6.10 Å². The van der Waals surface area contributed by atoms with Gasteiger partial charge in [0, 0.05) is 13.5 Å². The van der Waals surface area contributed by atoms with E-state index in [1.165, 1.54) is 34.9 Å². The van der Waals surface area contributed by atoms with E-state index in [1.807, 2.05) is 24.3 Å². The Morgan fingerprint density at radius 1 is 0.762 bits per heavy atom. The minimum absolute atomic E-state index is 0.192. The monoisotopic (exact) mass is 562 g/mol. The van der Waals surface area contributed by atoms with Crippen molar-refractivity contribution in [1.82, 2.24) is 0 Å². The number of rotatable bonds is 13. The van der Waals surface area contributed by atoms with Crippen molar-refractivity contribution in [1.29, 1.82) is 0 Å². The fourth-order valence-electron chi connectivity index (χ4n) is 5.39. The molecule has 4 aromatic rings. The Morgan fingerprint density at radius 2 is 1.52 bits per heavy atom. The lowest BCUT2D eigenvalue weighted by Crippen LogP contribution is -2.27. The van der Waals surface area contributed by atoms with Gasteiger partial charge in [0.05, 0.1) is 13.2 Å². The molecule has 0 saturated carbocycles. The molecular weight excluding hydrogens is 524 g/mol. The van der Waals surface area contributed by atoms with Crippen LogP contribution in [-0.4, -0.2) is 39.0 Å². The maximum absolute atomic E-state index is 12.0. The molecular formula is C37H38O5. The Kier molecular flexibility index (Phi) is 10.2. The van der Waals surface area contributed by atoms with Gasteiger partial charge in [-0.25, -0.2) is 4.79 Å². The van der Waals surface area contributed by atoms with E-state index in [-0.39, 0.29) is 12.1 Å². The Labute approximate surface area is 248 Å². The molecule has 0 spiro atoms. The summed E-state index contributed by atoms with van der Waals surface area (Å²) in [4.78, 5) is 12.0. The molecule has 1 aliphatic carbocycles. The van der Waals surface area contributed by atoms with Crippen LogP contribution in [0.1, 0.15) is 52.0 Å². The van der Waals surface area contributed by atoms with Gasteiger partial charge in [-0.3, -0.25) is 0 Å². The van der Waals surface area contributed by atoms with E-state index in [0.717, 1.165) is 29.7 Å². The van der Waals surface area contributed by atoms with Gasteiger partial charge in [-0.05, 0) is 70.8 Å². The van der Waals surface area contributed by atoms with Crippen LogP contribution in [0.4, 0.5) is 0 Å². The van der Waals surface area contributed by atoms with Crippen molar-refractivity contribution in [3.63, 3.8) is 0 Å². The van der Waals surface area contributed by atoms with Gasteiger partial charge in [-0.2, -0.15) is 0 Å². The van der Waals surface area contributed by atoms with Gasteiger partial charge < -0.3 is 18.9 Å². The molecule has 1 aliphatic rings. The first-order valence-corrected chi connectivity index (χ1v) is 14.6. The van der Waals surface area contributed by atoms with E-state index in [9.17, 15) is 4.79 Å². The van der Waals surface area contributed by atoms with Crippen LogP contribution in [0.3, 0.4) is 0 Å². The van der Waals surface area contributed by atoms with Crippen LogP contribution in [0, 0.1) is 0 Å². The highest BCUT2D eigenvalue weighted by Crippen LogP contribution is 2.37. The second-order valence-corrected chi connectivity index (χ2v) is 10.3. The second-order valence-electron chi connectivity index (χ2n) is 10.3. The molecule has 5 nitrogen and oxygen atoms in total. The molecule has 0 radical (unpaired) electrons. The molecule has 2 atom stereocenters. The molecule has 216 valence electrons. The first-order chi connectivity index (χ1) is 20.7. The minimum Gasteiger partial charge on any atom is -0.491 e. The van der Waals surface area contributed by atoms with Crippen molar-refractivity contribution in [3.8, 4) is 5.75 Å². The first kappa shape index (κ1) is 29.3. The van der Waals surface area contributed by atoms with Crippen molar-refractivity contribution in [3.05, 3.63) is 136 Å². The number of fused-ring (bicyclic) bond motifs is 2. The molecule has 0 amide bonds. The quantitative estimate of drug-likeness (QED) is 0.127. The molecule has 0 heterocycles. The van der Waals surface area contributed by atoms with Crippen molar-refractivity contribution >= 4 is 18.1 Å². The molecule has 5 heteroatoms. The zero-order chi connectivity index (χ0) is 29.1. The molecule has 0 bridgehead atoms. The number of carbonyl (C=O) groups excluding carboxylic acids is 1. The molecule has 2 unspecified atom stereocenters. The smallest absolute Gasteiger partial charge is 0.335 e. The Hall–Kier alpha value is -4.19. The van der Waals surface area contributed by atoms with Gasteiger partial charge >= 0.3 is 5.97 Å². The predicted molar refractivity (Wildman–Crippen MR) is 167 cm³/mol. The van der Waals surface area contributed by atoms with E-state index >= 15 is 0 Å². The van der Waals surface area contributed by atoms with Crippen LogP contribution in [0.2, 0.25) is 0 Å². The summed E-state index contributed by atoms with van der Waals surface area (Å²) in [6.45, 7) is 2.97. The third kappa shape index (κ3) is 7.35. The van der Waals surface area contributed by atoms with Crippen LogP contribution < -0.4 is 4.74 Å². The average Bonchev–Trinajstić information content (AvgIpc) is 3.19. The number of methoxy groups -OCH3 is 1. The van der Waals surface area contributed by atoms with Gasteiger partial charge in [-0.1, -0.05) is 97.1 Å². The van der Waals surface area contributed by atoms with Crippen molar-refractivity contribution in [2.75, 3.05) is 26.9 Å². The van der Waals surface area contributed by atoms with Crippen LogP contribution in [0.5, 0.6) is 5.75 Å². The number of hydrogen-bond acceptors (Lipinski definition) is 5. The molecule has 42 heavy (non-hydrogen) atoms. The average molecular weight is 563 g/mol. The van der Waals surface area contributed by atoms with Gasteiger partial charge in [-0.15, -0.1) is 0 Å². The number of esters is 1. The van der Waals surface area contributed by atoms with E-state index in [0.29, 0.717) is 26.2 Å². The number of hydrogen-bond donors (Lipinski definition) is 0. The van der Waals surface area contributed by atoms with E-state index in [4.69, 9.17) is 18.9 Å². The standard InChI is InChI=1S/C37H38O5/c1-3-40-37(38)35(39-2)26-28-17-21-31(22-18-28)41-24-25-42-36-33-14-8-7-12-30(33)20-23-32-29(13-9-15-34(32)36)19-16-27-10-5-4-6-11-27/h4-15,17-18,20-23,35-36H,3,16,19,24-26H2,1-2H3.